The number of hydrogen-bond acceptors (Lipinski definition) is 2. The lowest BCUT2D eigenvalue weighted by Gasteiger charge is -2.05. The normalized spacial score (nSPS) is 10.6. The summed E-state index contributed by atoms with van der Waals surface area (Å²) in [7, 11) is 0. The van der Waals surface area contributed by atoms with Crippen LogP contribution in [0.3, 0.4) is 0 Å². The third kappa shape index (κ3) is 2.70. The van der Waals surface area contributed by atoms with E-state index in [0.717, 1.165) is 11.3 Å². The molecule has 0 unspecified atom stereocenters. The van der Waals surface area contributed by atoms with E-state index in [4.69, 9.17) is 4.42 Å². The van der Waals surface area contributed by atoms with Crippen LogP contribution < -0.4 is 5.32 Å². The first-order chi connectivity index (χ1) is 7.75. The average Bonchev–Trinajstić information content (AvgIpc) is 2.76. The van der Waals surface area contributed by atoms with Gasteiger partial charge in [0.2, 0.25) is 0 Å². The van der Waals surface area contributed by atoms with Crippen LogP contribution in [0.1, 0.15) is 16.9 Å². The number of nitrogens with one attached hydrogen (secondary N) is 1. The highest BCUT2D eigenvalue weighted by molar-refractivity contribution is 5.23. The molecule has 1 N–H and O–H groups in total. The lowest BCUT2D eigenvalue weighted by atomic mass is 10.1. The fourth-order valence-corrected chi connectivity index (χ4v) is 1.57. The predicted octanol–water partition coefficient (Wildman–Crippen LogP) is 3.02. The molecular formula is C13H14FNO. The molecule has 84 valence electrons. The minimum Gasteiger partial charge on any atom is -0.468 e. The summed E-state index contributed by atoms with van der Waals surface area (Å²) in [4.78, 5) is 0. The Balaban J connectivity index is 1.92. The molecule has 1 aromatic heterocycles. The number of furan rings is 1. The second-order valence-corrected chi connectivity index (χ2v) is 3.78. The van der Waals surface area contributed by atoms with Crippen molar-refractivity contribution in [3.05, 3.63) is 59.3 Å². The maximum atomic E-state index is 13.4. The van der Waals surface area contributed by atoms with E-state index in [1.807, 2.05) is 25.1 Å². The second-order valence-electron chi connectivity index (χ2n) is 3.78. The number of aryl methyl sites for hydroxylation is 1. The number of halogens is 1. The lowest BCUT2D eigenvalue weighted by molar-refractivity contribution is 0.479. The molecule has 0 aliphatic heterocycles. The zero-order valence-corrected chi connectivity index (χ0v) is 9.16. The summed E-state index contributed by atoms with van der Waals surface area (Å²) in [5.41, 5.74) is 1.75. The van der Waals surface area contributed by atoms with Gasteiger partial charge in [0.15, 0.2) is 0 Å². The Bertz CT molecular complexity index is 451. The summed E-state index contributed by atoms with van der Waals surface area (Å²) in [5, 5.41) is 3.14. The average molecular weight is 219 g/mol. The Labute approximate surface area is 94.1 Å². The highest BCUT2D eigenvalue weighted by atomic mass is 19.1. The van der Waals surface area contributed by atoms with Crippen molar-refractivity contribution in [3.8, 4) is 0 Å². The van der Waals surface area contributed by atoms with Gasteiger partial charge in [-0.1, -0.05) is 17.7 Å². The standard InChI is InChI=1S/C13H14FNO/c1-10-4-5-13(14)11(7-10)8-15-9-12-3-2-6-16-12/h2-7,15H,8-9H2,1H3. The molecule has 1 aromatic carbocycles. The van der Waals surface area contributed by atoms with Crippen LogP contribution in [0.15, 0.2) is 41.0 Å². The van der Waals surface area contributed by atoms with Gasteiger partial charge in [-0.3, -0.25) is 0 Å². The minimum atomic E-state index is -0.169. The van der Waals surface area contributed by atoms with Gasteiger partial charge < -0.3 is 9.73 Å². The van der Waals surface area contributed by atoms with E-state index >= 15 is 0 Å². The van der Waals surface area contributed by atoms with Gasteiger partial charge in [0, 0.05) is 12.1 Å². The number of rotatable bonds is 4. The zero-order chi connectivity index (χ0) is 11.4. The maximum absolute atomic E-state index is 13.4. The first kappa shape index (κ1) is 10.9. The third-order valence-corrected chi connectivity index (χ3v) is 2.40. The van der Waals surface area contributed by atoms with E-state index in [2.05, 4.69) is 5.32 Å². The minimum absolute atomic E-state index is 0.169. The van der Waals surface area contributed by atoms with Crippen molar-refractivity contribution in [1.82, 2.24) is 5.32 Å². The summed E-state index contributed by atoms with van der Waals surface area (Å²) in [5.74, 6) is 0.686. The molecule has 0 spiro atoms. The Kier molecular flexibility index (Phi) is 3.37. The Morgan fingerprint density at radius 1 is 1.25 bits per heavy atom. The molecule has 16 heavy (non-hydrogen) atoms. The van der Waals surface area contributed by atoms with Crippen LogP contribution in [-0.4, -0.2) is 0 Å². The van der Waals surface area contributed by atoms with Crippen LogP contribution in [0, 0.1) is 12.7 Å². The van der Waals surface area contributed by atoms with E-state index in [-0.39, 0.29) is 5.82 Å². The molecule has 0 bridgehead atoms. The van der Waals surface area contributed by atoms with Gasteiger partial charge in [-0.15, -0.1) is 0 Å². The lowest BCUT2D eigenvalue weighted by Crippen LogP contribution is -2.13. The van der Waals surface area contributed by atoms with Gasteiger partial charge in [-0.25, -0.2) is 4.39 Å². The van der Waals surface area contributed by atoms with Gasteiger partial charge in [0.25, 0.3) is 0 Å². The molecule has 0 atom stereocenters. The second kappa shape index (κ2) is 4.94. The van der Waals surface area contributed by atoms with E-state index in [1.165, 1.54) is 6.07 Å². The van der Waals surface area contributed by atoms with Crippen LogP contribution in [-0.2, 0) is 13.1 Å². The molecule has 0 amide bonds. The third-order valence-electron chi connectivity index (χ3n) is 2.40. The maximum Gasteiger partial charge on any atom is 0.127 e. The molecule has 0 saturated heterocycles. The zero-order valence-electron chi connectivity index (χ0n) is 9.16. The van der Waals surface area contributed by atoms with E-state index in [1.54, 1.807) is 12.3 Å². The van der Waals surface area contributed by atoms with Gasteiger partial charge in [-0.2, -0.15) is 0 Å². The molecule has 3 heteroatoms. The molecule has 2 nitrogen and oxygen atoms in total. The molecule has 0 fully saturated rings. The van der Waals surface area contributed by atoms with Crippen LogP contribution in [0.25, 0.3) is 0 Å². The molecule has 0 radical (unpaired) electrons. The first-order valence-corrected chi connectivity index (χ1v) is 5.24. The van der Waals surface area contributed by atoms with Crippen molar-refractivity contribution >= 4 is 0 Å². The molecule has 2 rings (SSSR count). The predicted molar refractivity (Wildman–Crippen MR) is 60.4 cm³/mol. The van der Waals surface area contributed by atoms with E-state index in [0.29, 0.717) is 18.7 Å². The molecule has 0 aliphatic carbocycles. The summed E-state index contributed by atoms with van der Waals surface area (Å²) in [6, 6.07) is 8.85. The SMILES string of the molecule is Cc1ccc(F)c(CNCc2ccco2)c1. The summed E-state index contributed by atoms with van der Waals surface area (Å²) >= 11 is 0. The van der Waals surface area contributed by atoms with E-state index in [9.17, 15) is 4.39 Å². The van der Waals surface area contributed by atoms with Crippen LogP contribution >= 0.6 is 0 Å². The van der Waals surface area contributed by atoms with Crippen molar-refractivity contribution < 1.29 is 8.81 Å². The number of hydrogen-bond donors (Lipinski definition) is 1. The topological polar surface area (TPSA) is 25.2 Å². The van der Waals surface area contributed by atoms with Crippen LogP contribution in [0.5, 0.6) is 0 Å². The molecule has 0 aliphatic rings. The largest absolute Gasteiger partial charge is 0.468 e. The smallest absolute Gasteiger partial charge is 0.127 e. The highest BCUT2D eigenvalue weighted by Crippen LogP contribution is 2.10. The fourth-order valence-electron chi connectivity index (χ4n) is 1.57. The van der Waals surface area contributed by atoms with Gasteiger partial charge in [-0.05, 0) is 25.1 Å². The van der Waals surface area contributed by atoms with Crippen molar-refractivity contribution in [2.24, 2.45) is 0 Å². The molecule has 1 heterocycles. The van der Waals surface area contributed by atoms with Gasteiger partial charge in [0.1, 0.15) is 11.6 Å². The fraction of sp³-hybridized carbons (Fsp3) is 0.231. The van der Waals surface area contributed by atoms with E-state index < -0.39 is 0 Å². The van der Waals surface area contributed by atoms with Gasteiger partial charge in [0.05, 0.1) is 12.8 Å². The van der Waals surface area contributed by atoms with Crippen LogP contribution in [0.4, 0.5) is 4.39 Å². The van der Waals surface area contributed by atoms with Crippen molar-refractivity contribution in [2.45, 2.75) is 20.0 Å². The monoisotopic (exact) mass is 219 g/mol. The first-order valence-electron chi connectivity index (χ1n) is 5.24. The summed E-state index contributed by atoms with van der Waals surface area (Å²) in [6.07, 6.45) is 1.63. The Hall–Kier alpha value is -1.61. The summed E-state index contributed by atoms with van der Waals surface area (Å²) < 4.78 is 18.5. The molecular weight excluding hydrogens is 205 g/mol. The van der Waals surface area contributed by atoms with Gasteiger partial charge >= 0.3 is 0 Å². The number of benzene rings is 1. The molecule has 2 aromatic rings. The Morgan fingerprint density at radius 2 is 2.12 bits per heavy atom. The van der Waals surface area contributed by atoms with Crippen LogP contribution in [0.2, 0.25) is 0 Å². The van der Waals surface area contributed by atoms with Crippen molar-refractivity contribution in [2.75, 3.05) is 0 Å². The highest BCUT2D eigenvalue weighted by Gasteiger charge is 2.02. The molecule has 0 saturated carbocycles. The quantitative estimate of drug-likeness (QED) is 0.855. The van der Waals surface area contributed by atoms with Crippen molar-refractivity contribution in [1.29, 1.82) is 0 Å². The Morgan fingerprint density at radius 3 is 2.88 bits per heavy atom. The summed E-state index contributed by atoms with van der Waals surface area (Å²) in [6.45, 7) is 3.07. The van der Waals surface area contributed by atoms with Crippen molar-refractivity contribution in [3.63, 3.8) is 0 Å².